The maximum Gasteiger partial charge on any atom is 0.275 e. The molecule has 19 heavy (non-hydrogen) atoms. The minimum absolute atomic E-state index is 0.131. The van der Waals surface area contributed by atoms with Crippen LogP contribution in [0.1, 0.15) is 10.5 Å². The normalized spacial score (nSPS) is 10.0. The van der Waals surface area contributed by atoms with Crippen LogP contribution in [-0.4, -0.2) is 23.0 Å². The molecule has 0 radical (unpaired) electrons. The molecule has 0 bridgehead atoms. The van der Waals surface area contributed by atoms with Crippen molar-refractivity contribution >= 4 is 29.0 Å². The lowest BCUT2D eigenvalue weighted by molar-refractivity contribution is 0.102. The van der Waals surface area contributed by atoms with Gasteiger partial charge in [-0.15, -0.1) is 0 Å². The van der Waals surface area contributed by atoms with Gasteiger partial charge >= 0.3 is 0 Å². The maximum absolute atomic E-state index is 11.9. The standard InChI is InChI=1S/C12H11ClN4O2/c1-19-10-3-2-7(4-8(10)13)16-12(18)9-5-15-6-11(14)17-9/h2-6H,1H3,(H2,14,17)(H,16,18). The summed E-state index contributed by atoms with van der Waals surface area (Å²) in [6.45, 7) is 0. The van der Waals surface area contributed by atoms with E-state index in [0.29, 0.717) is 16.5 Å². The van der Waals surface area contributed by atoms with Crippen molar-refractivity contribution in [1.29, 1.82) is 0 Å². The van der Waals surface area contributed by atoms with E-state index >= 15 is 0 Å². The highest BCUT2D eigenvalue weighted by Gasteiger charge is 2.10. The van der Waals surface area contributed by atoms with Gasteiger partial charge in [0.25, 0.3) is 5.91 Å². The molecule has 6 nitrogen and oxygen atoms in total. The topological polar surface area (TPSA) is 90.1 Å². The number of aromatic nitrogens is 2. The lowest BCUT2D eigenvalue weighted by Crippen LogP contribution is -2.14. The number of amides is 1. The molecule has 2 aromatic rings. The number of hydrogen-bond acceptors (Lipinski definition) is 5. The highest BCUT2D eigenvalue weighted by Crippen LogP contribution is 2.27. The van der Waals surface area contributed by atoms with Crippen molar-refractivity contribution in [3.05, 3.63) is 41.3 Å². The summed E-state index contributed by atoms with van der Waals surface area (Å²) in [6.07, 6.45) is 2.69. The highest BCUT2D eigenvalue weighted by molar-refractivity contribution is 6.32. The van der Waals surface area contributed by atoms with Gasteiger partial charge in [0.1, 0.15) is 17.3 Å². The van der Waals surface area contributed by atoms with Crippen LogP contribution in [-0.2, 0) is 0 Å². The first kappa shape index (κ1) is 13.1. The van der Waals surface area contributed by atoms with E-state index in [0.717, 1.165) is 0 Å². The molecule has 7 heteroatoms. The molecule has 0 spiro atoms. The molecule has 1 aromatic carbocycles. The van der Waals surface area contributed by atoms with Gasteiger partial charge in [0.05, 0.1) is 24.5 Å². The number of carbonyl (C=O) groups is 1. The molecule has 0 saturated heterocycles. The number of carbonyl (C=O) groups excluding carboxylic acids is 1. The van der Waals surface area contributed by atoms with Crippen molar-refractivity contribution in [2.75, 3.05) is 18.2 Å². The van der Waals surface area contributed by atoms with Crippen molar-refractivity contribution in [1.82, 2.24) is 9.97 Å². The Morgan fingerprint density at radius 3 is 2.84 bits per heavy atom. The van der Waals surface area contributed by atoms with E-state index in [9.17, 15) is 4.79 Å². The summed E-state index contributed by atoms with van der Waals surface area (Å²) < 4.78 is 5.02. The number of halogens is 1. The number of rotatable bonds is 3. The first-order valence-electron chi connectivity index (χ1n) is 5.32. The molecule has 0 fully saturated rings. The Balaban J connectivity index is 2.17. The molecule has 0 saturated carbocycles. The minimum Gasteiger partial charge on any atom is -0.495 e. The predicted octanol–water partition coefficient (Wildman–Crippen LogP) is 1.97. The number of ether oxygens (including phenoxy) is 1. The van der Waals surface area contributed by atoms with Gasteiger partial charge < -0.3 is 15.8 Å². The quantitative estimate of drug-likeness (QED) is 0.896. The smallest absolute Gasteiger partial charge is 0.275 e. The summed E-state index contributed by atoms with van der Waals surface area (Å²) >= 11 is 5.96. The van der Waals surface area contributed by atoms with E-state index in [1.54, 1.807) is 18.2 Å². The van der Waals surface area contributed by atoms with Crippen molar-refractivity contribution in [3.8, 4) is 5.75 Å². The van der Waals surface area contributed by atoms with E-state index in [-0.39, 0.29) is 11.5 Å². The summed E-state index contributed by atoms with van der Waals surface area (Å²) in [5, 5.41) is 3.04. The van der Waals surface area contributed by atoms with Crippen LogP contribution in [0.3, 0.4) is 0 Å². The number of hydrogen-bond donors (Lipinski definition) is 2. The van der Waals surface area contributed by atoms with Crippen LogP contribution in [0.2, 0.25) is 5.02 Å². The predicted molar refractivity (Wildman–Crippen MR) is 72.4 cm³/mol. The lowest BCUT2D eigenvalue weighted by atomic mass is 10.3. The highest BCUT2D eigenvalue weighted by atomic mass is 35.5. The summed E-state index contributed by atoms with van der Waals surface area (Å²) in [7, 11) is 1.52. The second kappa shape index (κ2) is 5.53. The second-order valence-electron chi connectivity index (χ2n) is 3.63. The molecule has 0 aliphatic rings. The van der Waals surface area contributed by atoms with Crippen LogP contribution in [0.25, 0.3) is 0 Å². The average Bonchev–Trinajstić information content (AvgIpc) is 2.39. The second-order valence-corrected chi connectivity index (χ2v) is 4.04. The summed E-state index contributed by atoms with van der Waals surface area (Å²) in [4.78, 5) is 19.6. The molecule has 0 unspecified atom stereocenters. The Labute approximate surface area is 114 Å². The van der Waals surface area contributed by atoms with Gasteiger partial charge in [0, 0.05) is 5.69 Å². The third-order valence-corrected chi connectivity index (χ3v) is 2.59. The summed E-state index contributed by atoms with van der Waals surface area (Å²) in [6, 6.07) is 4.91. The van der Waals surface area contributed by atoms with Gasteiger partial charge in [0.2, 0.25) is 0 Å². The number of nitrogens with one attached hydrogen (secondary N) is 1. The molecule has 98 valence electrons. The Hall–Kier alpha value is -2.34. The molecule has 2 rings (SSSR count). The molecule has 0 atom stereocenters. The Bertz CT molecular complexity index is 618. The van der Waals surface area contributed by atoms with Gasteiger partial charge in [-0.05, 0) is 18.2 Å². The van der Waals surface area contributed by atoms with Gasteiger partial charge in [-0.25, -0.2) is 4.98 Å². The molecule has 0 aliphatic carbocycles. The molecular weight excluding hydrogens is 268 g/mol. The first-order chi connectivity index (χ1) is 9.10. The minimum atomic E-state index is -0.416. The number of methoxy groups -OCH3 is 1. The first-order valence-corrected chi connectivity index (χ1v) is 5.70. The third-order valence-electron chi connectivity index (χ3n) is 2.30. The van der Waals surface area contributed by atoms with E-state index < -0.39 is 5.91 Å². The van der Waals surface area contributed by atoms with E-state index in [2.05, 4.69) is 15.3 Å². The van der Waals surface area contributed by atoms with E-state index in [1.165, 1.54) is 19.5 Å². The Kier molecular flexibility index (Phi) is 3.82. The zero-order valence-electron chi connectivity index (χ0n) is 10.1. The number of nitrogens with two attached hydrogens (primary N) is 1. The van der Waals surface area contributed by atoms with Crippen LogP contribution in [0, 0.1) is 0 Å². The van der Waals surface area contributed by atoms with E-state index in [1.807, 2.05) is 0 Å². The lowest BCUT2D eigenvalue weighted by Gasteiger charge is -2.07. The van der Waals surface area contributed by atoms with Crippen molar-refractivity contribution < 1.29 is 9.53 Å². The fraction of sp³-hybridized carbons (Fsp3) is 0.0833. The number of anilines is 2. The van der Waals surface area contributed by atoms with E-state index in [4.69, 9.17) is 22.1 Å². The van der Waals surface area contributed by atoms with Crippen LogP contribution in [0.5, 0.6) is 5.75 Å². The number of nitrogens with zero attached hydrogens (tertiary/aromatic N) is 2. The fourth-order valence-electron chi connectivity index (χ4n) is 1.43. The average molecular weight is 279 g/mol. The van der Waals surface area contributed by atoms with Crippen molar-refractivity contribution in [2.45, 2.75) is 0 Å². The zero-order valence-corrected chi connectivity index (χ0v) is 10.8. The van der Waals surface area contributed by atoms with Crippen molar-refractivity contribution in [2.24, 2.45) is 0 Å². The molecule has 1 aromatic heterocycles. The SMILES string of the molecule is COc1ccc(NC(=O)c2cncc(N)n2)cc1Cl. The summed E-state index contributed by atoms with van der Waals surface area (Å²) in [5.41, 5.74) is 6.12. The molecular formula is C12H11ClN4O2. The Morgan fingerprint density at radius 1 is 1.42 bits per heavy atom. The number of nitrogen functional groups attached to an aromatic ring is 1. The maximum atomic E-state index is 11.9. The molecule has 1 amide bonds. The monoisotopic (exact) mass is 278 g/mol. The van der Waals surface area contributed by atoms with Gasteiger partial charge in [-0.1, -0.05) is 11.6 Å². The van der Waals surface area contributed by atoms with Crippen LogP contribution in [0.15, 0.2) is 30.6 Å². The van der Waals surface area contributed by atoms with Crippen LogP contribution in [0.4, 0.5) is 11.5 Å². The van der Waals surface area contributed by atoms with Gasteiger partial charge in [0.15, 0.2) is 0 Å². The molecule has 3 N–H and O–H groups in total. The van der Waals surface area contributed by atoms with Crippen LogP contribution < -0.4 is 15.8 Å². The molecule has 0 aliphatic heterocycles. The van der Waals surface area contributed by atoms with Gasteiger partial charge in [-0.2, -0.15) is 0 Å². The fourth-order valence-corrected chi connectivity index (χ4v) is 1.69. The summed E-state index contributed by atoms with van der Waals surface area (Å²) in [5.74, 6) is 0.296. The third kappa shape index (κ3) is 3.11. The van der Waals surface area contributed by atoms with Gasteiger partial charge in [-0.3, -0.25) is 9.78 Å². The Morgan fingerprint density at radius 2 is 2.21 bits per heavy atom. The molecule has 1 heterocycles. The largest absolute Gasteiger partial charge is 0.495 e. The zero-order chi connectivity index (χ0) is 13.8. The van der Waals surface area contributed by atoms with Crippen LogP contribution >= 0.6 is 11.6 Å². The van der Waals surface area contributed by atoms with Crippen molar-refractivity contribution in [3.63, 3.8) is 0 Å². The number of benzene rings is 1.